The molecule has 3 nitrogen and oxygen atoms in total. The van der Waals surface area contributed by atoms with Crippen LogP contribution in [0.3, 0.4) is 0 Å². The van der Waals surface area contributed by atoms with Crippen molar-refractivity contribution in [2.45, 2.75) is 24.3 Å². The SMILES string of the molecule is N[C@]1(c2ccccc2)C[C@H]1c1ccc(NC(=O)Cc2ccc3ccccc3c2)cc1. The van der Waals surface area contributed by atoms with Crippen LogP contribution in [0.5, 0.6) is 0 Å². The summed E-state index contributed by atoms with van der Waals surface area (Å²) in [5.41, 5.74) is 10.6. The Bertz CT molecular complexity index is 1200. The molecule has 3 heteroatoms. The van der Waals surface area contributed by atoms with Crippen molar-refractivity contribution in [3.63, 3.8) is 0 Å². The molecule has 1 aliphatic rings. The average molecular weight is 393 g/mol. The highest BCUT2D eigenvalue weighted by atomic mass is 16.1. The van der Waals surface area contributed by atoms with Crippen molar-refractivity contribution in [2.75, 3.05) is 5.32 Å². The van der Waals surface area contributed by atoms with E-state index in [0.29, 0.717) is 12.3 Å². The maximum absolute atomic E-state index is 12.5. The van der Waals surface area contributed by atoms with Gasteiger partial charge in [0.15, 0.2) is 0 Å². The van der Waals surface area contributed by atoms with Gasteiger partial charge in [-0.2, -0.15) is 0 Å². The van der Waals surface area contributed by atoms with Gasteiger partial charge in [0.2, 0.25) is 5.91 Å². The van der Waals surface area contributed by atoms with Crippen molar-refractivity contribution in [2.24, 2.45) is 5.73 Å². The minimum Gasteiger partial charge on any atom is -0.326 e. The number of rotatable bonds is 5. The molecule has 2 atom stereocenters. The molecule has 0 radical (unpaired) electrons. The Morgan fingerprint density at radius 1 is 0.867 bits per heavy atom. The Morgan fingerprint density at radius 3 is 2.33 bits per heavy atom. The fourth-order valence-electron chi connectivity index (χ4n) is 4.30. The topological polar surface area (TPSA) is 55.1 Å². The number of benzene rings is 4. The van der Waals surface area contributed by atoms with Crippen LogP contribution in [0.15, 0.2) is 97.1 Å². The molecule has 3 N–H and O–H groups in total. The lowest BCUT2D eigenvalue weighted by atomic mass is 9.99. The molecule has 0 heterocycles. The molecule has 0 bridgehead atoms. The van der Waals surface area contributed by atoms with E-state index in [2.05, 4.69) is 53.8 Å². The molecule has 0 unspecified atom stereocenters. The third-order valence-electron chi connectivity index (χ3n) is 6.09. The van der Waals surface area contributed by atoms with E-state index >= 15 is 0 Å². The minimum absolute atomic E-state index is 0.0121. The summed E-state index contributed by atoms with van der Waals surface area (Å²) in [6, 6.07) is 32.7. The van der Waals surface area contributed by atoms with Crippen LogP contribution >= 0.6 is 0 Å². The summed E-state index contributed by atoms with van der Waals surface area (Å²) >= 11 is 0. The lowest BCUT2D eigenvalue weighted by Gasteiger charge is -2.13. The lowest BCUT2D eigenvalue weighted by molar-refractivity contribution is -0.115. The van der Waals surface area contributed by atoms with Gasteiger partial charge in [-0.3, -0.25) is 4.79 Å². The summed E-state index contributed by atoms with van der Waals surface area (Å²) in [5.74, 6) is 0.309. The summed E-state index contributed by atoms with van der Waals surface area (Å²) in [5, 5.41) is 5.34. The van der Waals surface area contributed by atoms with E-state index in [-0.39, 0.29) is 11.4 Å². The van der Waals surface area contributed by atoms with Crippen LogP contribution in [0.25, 0.3) is 10.8 Å². The molecule has 4 aromatic carbocycles. The zero-order valence-electron chi connectivity index (χ0n) is 16.7. The summed E-state index contributed by atoms with van der Waals surface area (Å²) in [6.07, 6.45) is 1.31. The van der Waals surface area contributed by atoms with Gasteiger partial charge < -0.3 is 11.1 Å². The number of amides is 1. The van der Waals surface area contributed by atoms with Gasteiger partial charge in [-0.15, -0.1) is 0 Å². The van der Waals surface area contributed by atoms with Crippen molar-refractivity contribution in [1.82, 2.24) is 0 Å². The van der Waals surface area contributed by atoms with Crippen LogP contribution in [0.1, 0.15) is 29.0 Å². The highest BCUT2D eigenvalue weighted by Gasteiger charge is 2.52. The summed E-state index contributed by atoms with van der Waals surface area (Å²) in [7, 11) is 0. The van der Waals surface area contributed by atoms with E-state index in [9.17, 15) is 4.79 Å². The minimum atomic E-state index is -0.276. The molecule has 1 aliphatic carbocycles. The second kappa shape index (κ2) is 7.43. The number of nitrogens with two attached hydrogens (primary N) is 1. The number of fused-ring (bicyclic) bond motifs is 1. The van der Waals surface area contributed by atoms with E-state index < -0.39 is 0 Å². The zero-order valence-corrected chi connectivity index (χ0v) is 16.7. The number of nitrogens with one attached hydrogen (secondary N) is 1. The molecule has 1 amide bonds. The van der Waals surface area contributed by atoms with E-state index in [4.69, 9.17) is 5.73 Å². The number of anilines is 1. The molecule has 5 rings (SSSR count). The second-order valence-corrected chi connectivity index (χ2v) is 8.19. The molecule has 1 fully saturated rings. The Labute approximate surface area is 176 Å². The van der Waals surface area contributed by atoms with Gasteiger partial charge in [-0.25, -0.2) is 0 Å². The number of carbonyl (C=O) groups is 1. The maximum Gasteiger partial charge on any atom is 0.228 e. The molecule has 4 aromatic rings. The number of hydrogen-bond donors (Lipinski definition) is 2. The van der Waals surface area contributed by atoms with Crippen LogP contribution in [-0.4, -0.2) is 5.91 Å². The van der Waals surface area contributed by atoms with Crippen molar-refractivity contribution in [3.05, 3.63) is 114 Å². The molecule has 1 saturated carbocycles. The fourth-order valence-corrected chi connectivity index (χ4v) is 4.30. The maximum atomic E-state index is 12.5. The van der Waals surface area contributed by atoms with Gasteiger partial charge >= 0.3 is 0 Å². The first-order chi connectivity index (χ1) is 14.6. The molecule has 148 valence electrons. The lowest BCUT2D eigenvalue weighted by Crippen LogP contribution is -2.21. The smallest absolute Gasteiger partial charge is 0.228 e. The monoisotopic (exact) mass is 392 g/mol. The average Bonchev–Trinajstić information content (AvgIpc) is 3.47. The molecular formula is C27H24N2O. The van der Waals surface area contributed by atoms with Crippen molar-refractivity contribution in [1.29, 1.82) is 0 Å². The van der Waals surface area contributed by atoms with Crippen LogP contribution in [0.2, 0.25) is 0 Å². The van der Waals surface area contributed by atoms with Crippen LogP contribution in [-0.2, 0) is 16.8 Å². The van der Waals surface area contributed by atoms with E-state index in [1.807, 2.05) is 48.5 Å². The standard InChI is InChI=1S/C27H24N2O/c28-27(23-8-2-1-3-9-23)18-25(27)21-12-14-24(15-13-21)29-26(30)17-19-10-11-20-6-4-5-7-22(20)16-19/h1-16,25H,17-18,28H2,(H,29,30)/t25-,27-/m0/s1. The summed E-state index contributed by atoms with van der Waals surface area (Å²) < 4.78 is 0. The van der Waals surface area contributed by atoms with Crippen molar-refractivity contribution >= 4 is 22.4 Å². The normalized spacial score (nSPS) is 20.1. The predicted octanol–water partition coefficient (Wildman–Crippen LogP) is 5.36. The molecular weight excluding hydrogens is 368 g/mol. The van der Waals surface area contributed by atoms with E-state index in [0.717, 1.165) is 23.1 Å². The first-order valence-corrected chi connectivity index (χ1v) is 10.3. The van der Waals surface area contributed by atoms with Gasteiger partial charge in [0.05, 0.1) is 6.42 Å². The van der Waals surface area contributed by atoms with E-state index in [1.165, 1.54) is 16.5 Å². The highest BCUT2D eigenvalue weighted by molar-refractivity contribution is 5.93. The van der Waals surface area contributed by atoms with Gasteiger partial charge in [0, 0.05) is 17.1 Å². The molecule has 30 heavy (non-hydrogen) atoms. The van der Waals surface area contributed by atoms with Crippen molar-refractivity contribution < 1.29 is 4.79 Å². The van der Waals surface area contributed by atoms with Gasteiger partial charge in [0.25, 0.3) is 0 Å². The Balaban J connectivity index is 1.23. The second-order valence-electron chi connectivity index (χ2n) is 8.19. The highest BCUT2D eigenvalue weighted by Crippen LogP contribution is 2.56. The van der Waals surface area contributed by atoms with Crippen LogP contribution < -0.4 is 11.1 Å². The predicted molar refractivity (Wildman–Crippen MR) is 122 cm³/mol. The first-order valence-electron chi connectivity index (χ1n) is 10.3. The molecule has 0 aromatic heterocycles. The Kier molecular flexibility index (Phi) is 4.61. The summed E-state index contributed by atoms with van der Waals surface area (Å²) in [4.78, 5) is 12.5. The molecule has 0 spiro atoms. The van der Waals surface area contributed by atoms with Crippen LogP contribution in [0, 0.1) is 0 Å². The third-order valence-corrected chi connectivity index (χ3v) is 6.09. The Hall–Kier alpha value is -3.43. The van der Waals surface area contributed by atoms with Gasteiger partial charge in [0.1, 0.15) is 0 Å². The quantitative estimate of drug-likeness (QED) is 0.480. The molecule has 0 saturated heterocycles. The van der Waals surface area contributed by atoms with Gasteiger partial charge in [-0.1, -0.05) is 84.9 Å². The Morgan fingerprint density at radius 2 is 1.57 bits per heavy atom. The van der Waals surface area contributed by atoms with Crippen LogP contribution in [0.4, 0.5) is 5.69 Å². The number of hydrogen-bond acceptors (Lipinski definition) is 2. The fraction of sp³-hybridized carbons (Fsp3) is 0.148. The zero-order chi connectivity index (χ0) is 20.6. The molecule has 0 aliphatic heterocycles. The van der Waals surface area contributed by atoms with Gasteiger partial charge in [-0.05, 0) is 46.0 Å². The van der Waals surface area contributed by atoms with E-state index in [1.54, 1.807) is 0 Å². The number of carbonyl (C=O) groups excluding carboxylic acids is 1. The summed E-state index contributed by atoms with van der Waals surface area (Å²) in [6.45, 7) is 0. The largest absolute Gasteiger partial charge is 0.326 e. The van der Waals surface area contributed by atoms with Crippen molar-refractivity contribution in [3.8, 4) is 0 Å². The first kappa shape index (κ1) is 18.6. The third kappa shape index (κ3) is 3.60.